The van der Waals surface area contributed by atoms with Gasteiger partial charge in [-0.1, -0.05) is 0 Å². The summed E-state index contributed by atoms with van der Waals surface area (Å²) in [6.07, 6.45) is 8.94. The Hall–Kier alpha value is -1.19. The highest BCUT2D eigenvalue weighted by molar-refractivity contribution is 8.93. The summed E-state index contributed by atoms with van der Waals surface area (Å²) in [6, 6.07) is 0. The number of oxazole rings is 2. The molecular weight excluding hydrogens is 292 g/mol. The van der Waals surface area contributed by atoms with Gasteiger partial charge in [0.2, 0.25) is 0 Å². The van der Waals surface area contributed by atoms with Gasteiger partial charge >= 0.3 is 0 Å². The lowest BCUT2D eigenvalue weighted by atomic mass is 11.0. The summed E-state index contributed by atoms with van der Waals surface area (Å²) in [7, 11) is -3.12. The Labute approximate surface area is 97.7 Å². The smallest absolute Gasteiger partial charge is 0.254 e. The van der Waals surface area contributed by atoms with E-state index >= 15 is 0 Å². The first kappa shape index (κ1) is 16.2. The Bertz CT molecular complexity index is 279. The van der Waals surface area contributed by atoms with Crippen LogP contribution in [0.1, 0.15) is 0 Å². The number of hydrogen-bond donors (Lipinski definition) is 2. The summed E-state index contributed by atoms with van der Waals surface area (Å²) in [5.41, 5.74) is 0. The molecule has 15 heavy (non-hydrogen) atoms. The molecule has 86 valence electrons. The molecule has 0 saturated heterocycles. The van der Waals surface area contributed by atoms with E-state index in [1.165, 1.54) is 25.3 Å². The van der Waals surface area contributed by atoms with Crippen LogP contribution in [0.5, 0.6) is 0 Å². The standard InChI is InChI=1S/2C3H3NO.BrH.H2O3S/c2*1-2-5-3-4-1;;1-4(2)3/h2*1-3H;1H;4H,(H,1,2,3). The van der Waals surface area contributed by atoms with E-state index in [4.69, 9.17) is 13.0 Å². The predicted molar refractivity (Wildman–Crippen MR) is 56.3 cm³/mol. The molecule has 0 spiro atoms. The minimum atomic E-state index is -3.12. The molecule has 0 radical (unpaired) electrons. The topological polar surface area (TPSA) is 106 Å². The molecule has 2 heterocycles. The number of thiol groups is 1. The summed E-state index contributed by atoms with van der Waals surface area (Å²) in [6.45, 7) is 0. The minimum Gasteiger partial charge on any atom is -0.452 e. The van der Waals surface area contributed by atoms with E-state index in [-0.39, 0.29) is 17.0 Å². The highest BCUT2D eigenvalue weighted by Gasteiger charge is 1.60. The Kier molecular flexibility index (Phi) is 13.9. The van der Waals surface area contributed by atoms with E-state index in [1.54, 1.807) is 12.4 Å². The second-order valence-electron chi connectivity index (χ2n) is 1.59. The van der Waals surface area contributed by atoms with Gasteiger partial charge in [-0.3, -0.25) is 4.55 Å². The number of hydrogen-bond acceptors (Lipinski definition) is 6. The largest absolute Gasteiger partial charge is 0.452 e. The van der Waals surface area contributed by atoms with Crippen LogP contribution >= 0.6 is 17.0 Å². The second-order valence-corrected chi connectivity index (χ2v) is 2.06. The van der Waals surface area contributed by atoms with E-state index in [1.807, 2.05) is 0 Å². The van der Waals surface area contributed by atoms with Crippen molar-refractivity contribution in [3.05, 3.63) is 37.7 Å². The molecule has 0 saturated carbocycles. The average Bonchev–Trinajstić information content (AvgIpc) is 2.83. The summed E-state index contributed by atoms with van der Waals surface area (Å²) in [4.78, 5) is 7.11. The third kappa shape index (κ3) is 19.3. The highest BCUT2D eigenvalue weighted by atomic mass is 79.9. The van der Waals surface area contributed by atoms with Crippen LogP contribution in [0.2, 0.25) is 0 Å². The summed E-state index contributed by atoms with van der Waals surface area (Å²) < 4.78 is 33.1. The molecule has 0 bridgehead atoms. The molecule has 0 unspecified atom stereocenters. The Morgan fingerprint density at radius 2 is 1.33 bits per heavy atom. The van der Waals surface area contributed by atoms with Gasteiger partial charge in [-0.25, -0.2) is 18.4 Å². The molecule has 1 N–H and O–H groups in total. The van der Waals surface area contributed by atoms with Gasteiger partial charge < -0.3 is 8.83 Å². The van der Waals surface area contributed by atoms with Gasteiger partial charge in [0.05, 0.1) is 12.4 Å². The minimum absolute atomic E-state index is 0. The molecule has 2 rings (SSSR count). The normalized spacial score (nSPS) is 7.60. The monoisotopic (exact) mass is 300 g/mol. The summed E-state index contributed by atoms with van der Waals surface area (Å²) in [5.74, 6) is 0. The SMILES string of the molecule is Br.O=[SH](=O)O.c1cocn1.c1cocn1. The molecule has 0 fully saturated rings. The maximum Gasteiger partial charge on any atom is 0.254 e. The van der Waals surface area contributed by atoms with E-state index in [9.17, 15) is 0 Å². The van der Waals surface area contributed by atoms with E-state index < -0.39 is 11.0 Å². The van der Waals surface area contributed by atoms with Crippen LogP contribution in [0, 0.1) is 0 Å². The number of aromatic nitrogens is 2. The third-order valence-corrected chi connectivity index (χ3v) is 0.694. The zero-order valence-electron chi connectivity index (χ0n) is 7.29. The number of halogens is 1. The van der Waals surface area contributed by atoms with Gasteiger partial charge in [-0.2, -0.15) is 0 Å². The fourth-order valence-corrected chi connectivity index (χ4v) is 0.351. The van der Waals surface area contributed by atoms with Crippen molar-refractivity contribution < 1.29 is 21.8 Å². The Balaban J connectivity index is 0. The van der Waals surface area contributed by atoms with Crippen LogP contribution in [-0.4, -0.2) is 22.9 Å². The van der Waals surface area contributed by atoms with Crippen LogP contribution in [-0.2, 0) is 11.0 Å². The molecule has 0 aliphatic rings. The van der Waals surface area contributed by atoms with Gasteiger partial charge in [0.1, 0.15) is 12.5 Å². The first-order valence-corrected chi connectivity index (χ1v) is 4.34. The van der Waals surface area contributed by atoms with E-state index in [0.717, 1.165) is 0 Å². The summed E-state index contributed by atoms with van der Waals surface area (Å²) >= 11 is 0. The van der Waals surface area contributed by atoms with Gasteiger partial charge in [0, 0.05) is 0 Å². The van der Waals surface area contributed by atoms with Gasteiger partial charge in [0.25, 0.3) is 11.0 Å². The van der Waals surface area contributed by atoms with Crippen molar-refractivity contribution in [1.29, 1.82) is 0 Å². The van der Waals surface area contributed by atoms with Crippen LogP contribution in [0.3, 0.4) is 0 Å². The quantitative estimate of drug-likeness (QED) is 0.552. The number of rotatable bonds is 0. The van der Waals surface area contributed by atoms with Crippen LogP contribution < -0.4 is 0 Å². The lowest BCUT2D eigenvalue weighted by Gasteiger charge is -1.47. The average molecular weight is 301 g/mol. The van der Waals surface area contributed by atoms with Crippen molar-refractivity contribution in [2.45, 2.75) is 0 Å². The molecule has 9 heteroatoms. The molecular formula is C6H9BrN2O5S. The van der Waals surface area contributed by atoms with Gasteiger partial charge in [-0.05, 0) is 0 Å². The second kappa shape index (κ2) is 12.8. The first-order chi connectivity index (χ1) is 6.73. The molecule has 0 aliphatic carbocycles. The van der Waals surface area contributed by atoms with Gasteiger partial charge in [0.15, 0.2) is 12.8 Å². The Morgan fingerprint density at radius 1 is 1.00 bits per heavy atom. The maximum absolute atomic E-state index is 8.59. The van der Waals surface area contributed by atoms with Gasteiger partial charge in [-0.15, -0.1) is 17.0 Å². The van der Waals surface area contributed by atoms with Crippen molar-refractivity contribution in [2.24, 2.45) is 0 Å². The molecule has 2 aromatic heterocycles. The predicted octanol–water partition coefficient (Wildman–Crippen LogP) is 0.998. The highest BCUT2D eigenvalue weighted by Crippen LogP contribution is 1.72. The van der Waals surface area contributed by atoms with Crippen molar-refractivity contribution in [3.63, 3.8) is 0 Å². The fraction of sp³-hybridized carbons (Fsp3) is 0. The fourth-order valence-electron chi connectivity index (χ4n) is 0.351. The van der Waals surface area contributed by atoms with Crippen LogP contribution in [0.25, 0.3) is 0 Å². The lowest BCUT2D eigenvalue weighted by Crippen LogP contribution is -1.58. The van der Waals surface area contributed by atoms with Crippen molar-refractivity contribution in [3.8, 4) is 0 Å². The van der Waals surface area contributed by atoms with Crippen molar-refractivity contribution in [1.82, 2.24) is 9.97 Å². The van der Waals surface area contributed by atoms with Crippen molar-refractivity contribution >= 4 is 28.0 Å². The zero-order chi connectivity index (χ0) is 10.6. The first-order valence-electron chi connectivity index (χ1n) is 3.21. The van der Waals surface area contributed by atoms with Crippen molar-refractivity contribution in [2.75, 3.05) is 0 Å². The molecule has 0 amide bonds. The zero-order valence-corrected chi connectivity index (χ0v) is 9.90. The Morgan fingerprint density at radius 3 is 1.40 bits per heavy atom. The van der Waals surface area contributed by atoms with Crippen LogP contribution in [0.4, 0.5) is 0 Å². The maximum atomic E-state index is 8.59. The van der Waals surface area contributed by atoms with E-state index in [2.05, 4.69) is 18.8 Å². The molecule has 0 aromatic carbocycles. The third-order valence-electron chi connectivity index (χ3n) is 0.694. The number of nitrogens with zero attached hydrogens (tertiary/aromatic N) is 2. The lowest BCUT2D eigenvalue weighted by molar-refractivity contribution is 0.509. The molecule has 0 atom stereocenters. The van der Waals surface area contributed by atoms with E-state index in [0.29, 0.717) is 0 Å². The molecule has 0 aliphatic heterocycles. The molecule has 2 aromatic rings. The summed E-state index contributed by atoms with van der Waals surface area (Å²) in [5, 5.41) is 0. The molecule has 7 nitrogen and oxygen atoms in total. The van der Waals surface area contributed by atoms with Crippen LogP contribution in [0.15, 0.2) is 46.5 Å².